The fraction of sp³-hybridized carbons (Fsp3) is 0.880. The molecule has 2 saturated heterocycles. The molecule has 0 aromatic heterocycles. The molecule has 0 spiro atoms. The molecule has 0 aromatic carbocycles. The third-order valence-corrected chi connectivity index (χ3v) is 8.56. The summed E-state index contributed by atoms with van der Waals surface area (Å²) in [6, 6.07) is 0. The number of likely N-dealkylation sites (N-methyl/N-ethyl adjacent to an activating group) is 1. The maximum atomic E-state index is 13.3. The van der Waals surface area contributed by atoms with Crippen LogP contribution < -0.4 is 5.32 Å². The standard InChI is InChI=1S/C25H42N4O2/c1-28-23(31)25(27-24(28)26,14-13-19-8-3-2-4-9-19)17-21-12-7-15-29(18-21)22(30)16-20-10-5-6-11-20/h19-21H,2-18H2,1H3,(H2,26,27)/t21-,25+/m1/s1. The first-order valence-electron chi connectivity index (χ1n) is 12.9. The van der Waals surface area contributed by atoms with Crippen molar-refractivity contribution >= 4 is 17.8 Å². The molecular weight excluding hydrogens is 388 g/mol. The Balaban J connectivity index is 1.39. The van der Waals surface area contributed by atoms with Gasteiger partial charge in [0, 0.05) is 26.6 Å². The predicted molar refractivity (Wildman–Crippen MR) is 123 cm³/mol. The van der Waals surface area contributed by atoms with Crippen molar-refractivity contribution in [2.24, 2.45) is 17.8 Å². The van der Waals surface area contributed by atoms with Gasteiger partial charge in [-0.1, -0.05) is 44.9 Å². The molecule has 2 amide bonds. The molecule has 6 heteroatoms. The lowest BCUT2D eigenvalue weighted by Gasteiger charge is -2.38. The van der Waals surface area contributed by atoms with Crippen molar-refractivity contribution in [1.82, 2.24) is 15.1 Å². The molecule has 0 bridgehead atoms. The highest BCUT2D eigenvalue weighted by atomic mass is 16.2. The van der Waals surface area contributed by atoms with Crippen LogP contribution in [0.5, 0.6) is 0 Å². The van der Waals surface area contributed by atoms with Crippen LogP contribution in [0.1, 0.15) is 96.3 Å². The first-order chi connectivity index (χ1) is 15.0. The van der Waals surface area contributed by atoms with Crippen molar-refractivity contribution < 1.29 is 9.59 Å². The Labute approximate surface area is 188 Å². The monoisotopic (exact) mass is 430 g/mol. The first-order valence-corrected chi connectivity index (χ1v) is 12.9. The molecular formula is C25H42N4O2. The molecule has 2 heterocycles. The predicted octanol–water partition coefficient (Wildman–Crippen LogP) is 4.29. The van der Waals surface area contributed by atoms with E-state index in [1.54, 1.807) is 7.05 Å². The molecule has 31 heavy (non-hydrogen) atoms. The molecule has 2 N–H and O–H groups in total. The minimum atomic E-state index is -0.647. The summed E-state index contributed by atoms with van der Waals surface area (Å²) in [5, 5.41) is 11.6. The van der Waals surface area contributed by atoms with Gasteiger partial charge in [-0.05, 0) is 62.7 Å². The Morgan fingerprint density at radius 1 is 1.00 bits per heavy atom. The van der Waals surface area contributed by atoms with Crippen molar-refractivity contribution in [3.63, 3.8) is 0 Å². The SMILES string of the molecule is CN1C(=N)N[C@@](CCC2CCCCC2)(C[C@H]2CCCN(C(=O)CC3CCCC3)C2)C1=O. The number of carbonyl (C=O) groups excluding carboxylic acids is 2. The van der Waals surface area contributed by atoms with E-state index in [1.807, 2.05) is 0 Å². The average molecular weight is 431 g/mol. The number of amides is 2. The summed E-state index contributed by atoms with van der Waals surface area (Å²) in [6.07, 6.45) is 17.0. The number of hydrogen-bond donors (Lipinski definition) is 2. The lowest BCUT2D eigenvalue weighted by Crippen LogP contribution is -2.51. The van der Waals surface area contributed by atoms with Gasteiger partial charge in [0.15, 0.2) is 5.96 Å². The molecule has 2 atom stereocenters. The van der Waals surface area contributed by atoms with Crippen LogP contribution in [0.4, 0.5) is 0 Å². The second-order valence-corrected chi connectivity index (χ2v) is 10.9. The van der Waals surface area contributed by atoms with Gasteiger partial charge in [-0.15, -0.1) is 0 Å². The molecule has 174 valence electrons. The third-order valence-electron chi connectivity index (χ3n) is 8.56. The normalized spacial score (nSPS) is 30.8. The largest absolute Gasteiger partial charge is 0.342 e. The van der Waals surface area contributed by atoms with Gasteiger partial charge >= 0.3 is 0 Å². The van der Waals surface area contributed by atoms with E-state index < -0.39 is 5.54 Å². The topological polar surface area (TPSA) is 76.5 Å². The Hall–Kier alpha value is -1.59. The second kappa shape index (κ2) is 9.91. The maximum Gasteiger partial charge on any atom is 0.254 e. The van der Waals surface area contributed by atoms with Gasteiger partial charge in [0.1, 0.15) is 5.54 Å². The Kier molecular flexibility index (Phi) is 7.22. The van der Waals surface area contributed by atoms with Crippen LogP contribution in [0.25, 0.3) is 0 Å². The summed E-state index contributed by atoms with van der Waals surface area (Å²) in [4.78, 5) is 29.8. The van der Waals surface area contributed by atoms with Crippen molar-refractivity contribution in [1.29, 1.82) is 5.41 Å². The molecule has 0 aromatic rings. The van der Waals surface area contributed by atoms with Crippen LogP contribution in [-0.4, -0.2) is 53.2 Å². The summed E-state index contributed by atoms with van der Waals surface area (Å²) in [7, 11) is 1.72. The molecule has 2 aliphatic carbocycles. The highest BCUT2D eigenvalue weighted by molar-refractivity contribution is 6.07. The fourth-order valence-electron chi connectivity index (χ4n) is 6.66. The molecule has 0 unspecified atom stereocenters. The van der Waals surface area contributed by atoms with Gasteiger partial charge in [-0.3, -0.25) is 19.9 Å². The van der Waals surface area contributed by atoms with E-state index in [9.17, 15) is 9.59 Å². The Morgan fingerprint density at radius 2 is 1.65 bits per heavy atom. The van der Waals surface area contributed by atoms with Gasteiger partial charge < -0.3 is 10.2 Å². The summed E-state index contributed by atoms with van der Waals surface area (Å²) < 4.78 is 0. The van der Waals surface area contributed by atoms with Crippen LogP contribution in [0.2, 0.25) is 0 Å². The quantitative estimate of drug-likeness (QED) is 0.632. The first kappa shape index (κ1) is 22.6. The van der Waals surface area contributed by atoms with Crippen molar-refractivity contribution in [3.8, 4) is 0 Å². The minimum absolute atomic E-state index is 0.0581. The molecule has 6 nitrogen and oxygen atoms in total. The molecule has 4 aliphatic rings. The van der Waals surface area contributed by atoms with Gasteiger partial charge in [-0.25, -0.2) is 0 Å². The zero-order valence-electron chi connectivity index (χ0n) is 19.5. The maximum absolute atomic E-state index is 13.3. The van der Waals surface area contributed by atoms with Gasteiger partial charge in [0.05, 0.1) is 0 Å². The van der Waals surface area contributed by atoms with E-state index in [2.05, 4.69) is 10.2 Å². The van der Waals surface area contributed by atoms with E-state index >= 15 is 0 Å². The zero-order chi connectivity index (χ0) is 21.8. The Bertz CT molecular complexity index is 668. The number of nitrogens with one attached hydrogen (secondary N) is 2. The average Bonchev–Trinajstić information content (AvgIpc) is 3.36. The van der Waals surface area contributed by atoms with Gasteiger partial charge in [0.2, 0.25) is 5.91 Å². The molecule has 4 fully saturated rings. The lowest BCUT2D eigenvalue weighted by atomic mass is 9.77. The molecule has 2 aliphatic heterocycles. The molecule has 0 radical (unpaired) electrons. The summed E-state index contributed by atoms with van der Waals surface area (Å²) in [5.41, 5.74) is -0.647. The van der Waals surface area contributed by atoms with E-state index in [0.29, 0.717) is 24.2 Å². The second-order valence-electron chi connectivity index (χ2n) is 10.9. The van der Waals surface area contributed by atoms with Gasteiger partial charge in [0.25, 0.3) is 5.91 Å². The van der Waals surface area contributed by atoms with Crippen LogP contribution in [0.15, 0.2) is 0 Å². The number of hydrogen-bond acceptors (Lipinski definition) is 3. The van der Waals surface area contributed by atoms with Crippen molar-refractivity contribution in [3.05, 3.63) is 0 Å². The van der Waals surface area contributed by atoms with E-state index in [4.69, 9.17) is 5.41 Å². The Morgan fingerprint density at radius 3 is 2.32 bits per heavy atom. The zero-order valence-corrected chi connectivity index (χ0v) is 19.5. The molecule has 4 rings (SSSR count). The summed E-state index contributed by atoms with van der Waals surface area (Å²) in [6.45, 7) is 1.65. The highest BCUT2D eigenvalue weighted by Gasteiger charge is 2.49. The lowest BCUT2D eigenvalue weighted by molar-refractivity contribution is -0.134. The summed E-state index contributed by atoms with van der Waals surface area (Å²) >= 11 is 0. The fourth-order valence-corrected chi connectivity index (χ4v) is 6.66. The number of likely N-dealkylation sites (tertiary alicyclic amines) is 1. The number of rotatable bonds is 7. The van der Waals surface area contributed by atoms with E-state index in [1.165, 1.54) is 62.7 Å². The number of piperidine rings is 1. The van der Waals surface area contributed by atoms with Crippen molar-refractivity contribution in [2.45, 2.75) is 102 Å². The number of nitrogens with zero attached hydrogens (tertiary/aromatic N) is 2. The van der Waals surface area contributed by atoms with Crippen LogP contribution >= 0.6 is 0 Å². The smallest absolute Gasteiger partial charge is 0.254 e. The van der Waals surface area contributed by atoms with E-state index in [0.717, 1.165) is 51.1 Å². The van der Waals surface area contributed by atoms with Crippen molar-refractivity contribution in [2.75, 3.05) is 20.1 Å². The number of carbonyl (C=O) groups is 2. The highest BCUT2D eigenvalue weighted by Crippen LogP contribution is 2.37. The van der Waals surface area contributed by atoms with Crippen LogP contribution in [0, 0.1) is 23.2 Å². The molecule has 2 saturated carbocycles. The third kappa shape index (κ3) is 5.25. The van der Waals surface area contributed by atoms with Gasteiger partial charge in [-0.2, -0.15) is 0 Å². The van der Waals surface area contributed by atoms with Crippen LogP contribution in [-0.2, 0) is 9.59 Å². The number of guanidine groups is 1. The van der Waals surface area contributed by atoms with E-state index in [-0.39, 0.29) is 11.9 Å². The van der Waals surface area contributed by atoms with Crippen LogP contribution in [0.3, 0.4) is 0 Å². The summed E-state index contributed by atoms with van der Waals surface area (Å²) in [5.74, 6) is 2.26. The minimum Gasteiger partial charge on any atom is -0.342 e.